The van der Waals surface area contributed by atoms with Crippen LogP contribution >= 0.6 is 27.7 Å². The highest BCUT2D eigenvalue weighted by Crippen LogP contribution is 2.28. The van der Waals surface area contributed by atoms with E-state index in [4.69, 9.17) is 0 Å². The van der Waals surface area contributed by atoms with Crippen LogP contribution in [0.15, 0.2) is 22.7 Å². The van der Waals surface area contributed by atoms with Crippen molar-refractivity contribution in [3.8, 4) is 0 Å². The topological polar surface area (TPSA) is 12.0 Å². The molecule has 1 heterocycles. The van der Waals surface area contributed by atoms with Crippen LogP contribution in [0.25, 0.3) is 0 Å². The van der Waals surface area contributed by atoms with E-state index >= 15 is 0 Å². The van der Waals surface area contributed by atoms with Gasteiger partial charge in [-0.05, 0) is 18.6 Å². The van der Waals surface area contributed by atoms with Crippen molar-refractivity contribution in [1.29, 1.82) is 0 Å². The molecule has 16 heavy (non-hydrogen) atoms. The van der Waals surface area contributed by atoms with Gasteiger partial charge in [0.25, 0.3) is 0 Å². The van der Waals surface area contributed by atoms with Gasteiger partial charge in [-0.3, -0.25) is 0 Å². The van der Waals surface area contributed by atoms with Crippen LogP contribution < -0.4 is 5.32 Å². The fourth-order valence-corrected chi connectivity index (χ4v) is 3.51. The predicted molar refractivity (Wildman–Crippen MR) is 71.4 cm³/mol. The lowest BCUT2D eigenvalue weighted by Crippen LogP contribution is -2.39. The van der Waals surface area contributed by atoms with Crippen LogP contribution in [0.3, 0.4) is 0 Å². The van der Waals surface area contributed by atoms with Gasteiger partial charge >= 0.3 is 0 Å². The van der Waals surface area contributed by atoms with Crippen LogP contribution in [-0.4, -0.2) is 17.5 Å². The first-order chi connectivity index (χ1) is 7.70. The zero-order valence-corrected chi connectivity index (χ0v) is 11.6. The molecule has 0 saturated carbocycles. The highest BCUT2D eigenvalue weighted by molar-refractivity contribution is 9.10. The summed E-state index contributed by atoms with van der Waals surface area (Å²) in [5, 5.41) is 3.50. The quantitative estimate of drug-likeness (QED) is 0.893. The van der Waals surface area contributed by atoms with Crippen molar-refractivity contribution in [2.75, 3.05) is 11.5 Å². The Labute approximate surface area is 108 Å². The van der Waals surface area contributed by atoms with E-state index in [0.29, 0.717) is 6.04 Å². The molecule has 2 rings (SSSR count). The highest BCUT2D eigenvalue weighted by Gasteiger charge is 2.23. The average molecular weight is 304 g/mol. The number of nitrogens with one attached hydrogen (secondary N) is 1. The summed E-state index contributed by atoms with van der Waals surface area (Å²) in [5.41, 5.74) is 0.786. The average Bonchev–Trinajstić information content (AvgIpc) is 2.29. The van der Waals surface area contributed by atoms with E-state index in [1.807, 2.05) is 23.9 Å². The Morgan fingerprint density at radius 2 is 2.31 bits per heavy atom. The van der Waals surface area contributed by atoms with Crippen LogP contribution in [0, 0.1) is 5.82 Å². The molecule has 1 fully saturated rings. The van der Waals surface area contributed by atoms with Gasteiger partial charge in [-0.25, -0.2) is 4.39 Å². The summed E-state index contributed by atoms with van der Waals surface area (Å²) in [6.07, 6.45) is 1.10. The molecule has 1 saturated heterocycles. The maximum atomic E-state index is 13.8. The van der Waals surface area contributed by atoms with Gasteiger partial charge in [0.2, 0.25) is 0 Å². The molecule has 2 unspecified atom stereocenters. The first-order valence-corrected chi connectivity index (χ1v) is 7.44. The van der Waals surface area contributed by atoms with Gasteiger partial charge in [0, 0.05) is 33.6 Å². The Kier molecular flexibility index (Phi) is 4.27. The van der Waals surface area contributed by atoms with E-state index in [9.17, 15) is 4.39 Å². The van der Waals surface area contributed by atoms with Crippen LogP contribution in [0.2, 0.25) is 0 Å². The molecule has 1 N–H and O–H groups in total. The molecule has 0 aromatic heterocycles. The Balaban J connectivity index is 2.16. The standard InChI is InChI=1S/C12H15BrFNS/c1-2-9-6-16-7-12(15-9)10-4-3-8(13)5-11(10)14/h3-5,9,12,15H,2,6-7H2,1H3. The highest BCUT2D eigenvalue weighted by atomic mass is 79.9. The Hall–Kier alpha value is -0.0600. The zero-order chi connectivity index (χ0) is 11.5. The van der Waals surface area contributed by atoms with Crippen molar-refractivity contribution in [3.05, 3.63) is 34.1 Å². The Bertz CT molecular complexity index is 372. The summed E-state index contributed by atoms with van der Waals surface area (Å²) in [4.78, 5) is 0. The first kappa shape index (κ1) is 12.4. The second-order valence-corrected chi connectivity index (χ2v) is 6.02. The van der Waals surface area contributed by atoms with Crippen molar-refractivity contribution >= 4 is 27.7 Å². The van der Waals surface area contributed by atoms with E-state index in [0.717, 1.165) is 28.0 Å². The summed E-state index contributed by atoms with van der Waals surface area (Å²) in [6, 6.07) is 5.97. The van der Waals surface area contributed by atoms with E-state index in [1.54, 1.807) is 0 Å². The number of rotatable bonds is 2. The molecule has 1 aliphatic rings. The largest absolute Gasteiger partial charge is 0.306 e. The third-order valence-electron chi connectivity index (χ3n) is 2.87. The molecule has 88 valence electrons. The van der Waals surface area contributed by atoms with Gasteiger partial charge < -0.3 is 5.32 Å². The van der Waals surface area contributed by atoms with Crippen molar-refractivity contribution in [2.45, 2.75) is 25.4 Å². The van der Waals surface area contributed by atoms with E-state index < -0.39 is 0 Å². The number of benzene rings is 1. The lowest BCUT2D eigenvalue weighted by atomic mass is 10.1. The maximum absolute atomic E-state index is 13.8. The van der Waals surface area contributed by atoms with Gasteiger partial charge in [-0.2, -0.15) is 11.8 Å². The van der Waals surface area contributed by atoms with Crippen molar-refractivity contribution in [1.82, 2.24) is 5.32 Å². The smallest absolute Gasteiger partial charge is 0.129 e. The molecule has 1 aliphatic heterocycles. The third kappa shape index (κ3) is 2.79. The number of thioether (sulfide) groups is 1. The SMILES string of the molecule is CCC1CSCC(c2ccc(Br)cc2F)N1. The molecule has 2 atom stereocenters. The zero-order valence-electron chi connectivity index (χ0n) is 9.17. The molecule has 1 nitrogen and oxygen atoms in total. The van der Waals surface area contributed by atoms with E-state index in [2.05, 4.69) is 28.2 Å². The molecule has 0 bridgehead atoms. The summed E-state index contributed by atoms with van der Waals surface area (Å²) < 4.78 is 14.6. The molecular formula is C12H15BrFNS. The Morgan fingerprint density at radius 3 is 3.00 bits per heavy atom. The van der Waals surface area contributed by atoms with Gasteiger partial charge in [-0.1, -0.05) is 28.9 Å². The molecule has 0 spiro atoms. The fraction of sp³-hybridized carbons (Fsp3) is 0.500. The minimum atomic E-state index is -0.121. The molecule has 4 heteroatoms. The molecular weight excluding hydrogens is 289 g/mol. The third-order valence-corrected chi connectivity index (χ3v) is 4.57. The molecule has 0 radical (unpaired) electrons. The van der Waals surface area contributed by atoms with E-state index in [-0.39, 0.29) is 11.9 Å². The number of hydrogen-bond acceptors (Lipinski definition) is 2. The lowest BCUT2D eigenvalue weighted by molar-refractivity contribution is 0.451. The fourth-order valence-electron chi connectivity index (χ4n) is 1.91. The molecule has 0 aliphatic carbocycles. The molecule has 1 aromatic rings. The number of halogens is 2. The predicted octanol–water partition coefficient (Wildman–Crippen LogP) is 3.74. The van der Waals surface area contributed by atoms with Crippen LogP contribution in [0.1, 0.15) is 24.9 Å². The summed E-state index contributed by atoms with van der Waals surface area (Å²) >= 11 is 5.18. The van der Waals surface area contributed by atoms with Crippen LogP contribution in [-0.2, 0) is 0 Å². The molecule has 1 aromatic carbocycles. The van der Waals surface area contributed by atoms with Crippen LogP contribution in [0.4, 0.5) is 4.39 Å². The second-order valence-electron chi connectivity index (χ2n) is 4.03. The Morgan fingerprint density at radius 1 is 1.50 bits per heavy atom. The van der Waals surface area contributed by atoms with Crippen LogP contribution in [0.5, 0.6) is 0 Å². The summed E-state index contributed by atoms with van der Waals surface area (Å²) in [5.74, 6) is 1.96. The van der Waals surface area contributed by atoms with Gasteiger partial charge in [-0.15, -0.1) is 0 Å². The van der Waals surface area contributed by atoms with Crippen molar-refractivity contribution < 1.29 is 4.39 Å². The first-order valence-electron chi connectivity index (χ1n) is 5.49. The second kappa shape index (κ2) is 5.52. The van der Waals surface area contributed by atoms with Crippen molar-refractivity contribution in [2.24, 2.45) is 0 Å². The lowest BCUT2D eigenvalue weighted by Gasteiger charge is -2.30. The normalized spacial score (nSPS) is 25.7. The monoisotopic (exact) mass is 303 g/mol. The maximum Gasteiger partial charge on any atom is 0.129 e. The van der Waals surface area contributed by atoms with Crippen molar-refractivity contribution in [3.63, 3.8) is 0 Å². The van der Waals surface area contributed by atoms with Gasteiger partial charge in [0.15, 0.2) is 0 Å². The number of hydrogen-bond donors (Lipinski definition) is 1. The summed E-state index contributed by atoms with van der Waals surface area (Å²) in [6.45, 7) is 2.17. The van der Waals surface area contributed by atoms with Gasteiger partial charge in [0.1, 0.15) is 5.82 Å². The van der Waals surface area contributed by atoms with E-state index in [1.165, 1.54) is 6.07 Å². The van der Waals surface area contributed by atoms with Gasteiger partial charge in [0.05, 0.1) is 0 Å². The minimum Gasteiger partial charge on any atom is -0.306 e. The summed E-state index contributed by atoms with van der Waals surface area (Å²) in [7, 11) is 0. The minimum absolute atomic E-state index is 0.121. The molecule has 0 amide bonds.